The van der Waals surface area contributed by atoms with E-state index in [4.69, 9.17) is 4.74 Å². The minimum absolute atomic E-state index is 0.298. The largest absolute Gasteiger partial charge is 0.491 e. The number of rotatable bonds is 6. The molecule has 2 rings (SSSR count). The summed E-state index contributed by atoms with van der Waals surface area (Å²) in [5.74, 6) is 0.645. The Balaban J connectivity index is 1.95. The van der Waals surface area contributed by atoms with Gasteiger partial charge in [-0.2, -0.15) is 0 Å². The normalized spacial score (nSPS) is 21.0. The maximum absolute atomic E-state index is 13.9. The zero-order valence-corrected chi connectivity index (χ0v) is 13.4. The first-order valence-electron chi connectivity index (χ1n) is 8.05. The van der Waals surface area contributed by atoms with E-state index in [0.717, 1.165) is 18.8 Å². The van der Waals surface area contributed by atoms with Gasteiger partial charge in [-0.25, -0.2) is 4.39 Å². The summed E-state index contributed by atoms with van der Waals surface area (Å²) >= 11 is 0. The van der Waals surface area contributed by atoms with Gasteiger partial charge in [-0.05, 0) is 57.8 Å². The van der Waals surface area contributed by atoms with Gasteiger partial charge < -0.3 is 15.0 Å². The molecule has 0 aliphatic carbocycles. The van der Waals surface area contributed by atoms with Crippen molar-refractivity contribution in [3.63, 3.8) is 0 Å². The Hall–Kier alpha value is -1.29. The van der Waals surface area contributed by atoms with E-state index in [1.807, 2.05) is 13.0 Å². The Morgan fingerprint density at radius 1 is 1.43 bits per heavy atom. The van der Waals surface area contributed by atoms with Gasteiger partial charge in [0.1, 0.15) is 0 Å². The monoisotopic (exact) mass is 294 g/mol. The molecule has 1 heterocycles. The second-order valence-electron chi connectivity index (χ2n) is 5.81. The SMILES string of the molecule is CCOc1ccc(NC(C)C2CCCN(CC)C2)cc1F. The molecule has 4 heteroatoms. The molecule has 1 N–H and O–H groups in total. The summed E-state index contributed by atoms with van der Waals surface area (Å²) in [6, 6.07) is 5.47. The standard InChI is InChI=1S/C17H27FN2O/c1-4-20-10-6-7-14(12-20)13(3)19-15-8-9-17(21-5-2)16(18)11-15/h8-9,11,13-14,19H,4-7,10,12H2,1-3H3. The zero-order chi connectivity index (χ0) is 15.2. The Bertz CT molecular complexity index is 452. The molecule has 1 aromatic carbocycles. The fourth-order valence-electron chi connectivity index (χ4n) is 3.03. The zero-order valence-electron chi connectivity index (χ0n) is 13.4. The van der Waals surface area contributed by atoms with Crippen LogP contribution in [0.5, 0.6) is 5.75 Å². The molecule has 0 radical (unpaired) electrons. The van der Waals surface area contributed by atoms with Crippen LogP contribution in [0, 0.1) is 11.7 Å². The smallest absolute Gasteiger partial charge is 0.167 e. The molecule has 1 aromatic rings. The highest BCUT2D eigenvalue weighted by Crippen LogP contribution is 2.25. The Kier molecular flexibility index (Phi) is 5.85. The molecule has 21 heavy (non-hydrogen) atoms. The maximum atomic E-state index is 13.9. The lowest BCUT2D eigenvalue weighted by Crippen LogP contribution is -2.41. The van der Waals surface area contributed by atoms with E-state index < -0.39 is 0 Å². The van der Waals surface area contributed by atoms with Gasteiger partial charge in [-0.15, -0.1) is 0 Å². The number of benzene rings is 1. The van der Waals surface area contributed by atoms with Crippen molar-refractivity contribution in [1.82, 2.24) is 4.90 Å². The first-order chi connectivity index (χ1) is 10.1. The minimum Gasteiger partial charge on any atom is -0.491 e. The number of ether oxygens (including phenoxy) is 1. The van der Waals surface area contributed by atoms with Crippen LogP contribution in [-0.4, -0.2) is 37.2 Å². The summed E-state index contributed by atoms with van der Waals surface area (Å²) in [6.07, 6.45) is 2.49. The summed E-state index contributed by atoms with van der Waals surface area (Å²) in [6.45, 7) is 10.2. The third-order valence-corrected chi connectivity index (χ3v) is 4.32. The third-order valence-electron chi connectivity index (χ3n) is 4.32. The van der Waals surface area contributed by atoms with Crippen molar-refractivity contribution < 1.29 is 9.13 Å². The van der Waals surface area contributed by atoms with Crippen LogP contribution in [0.3, 0.4) is 0 Å². The molecule has 2 unspecified atom stereocenters. The number of hydrogen-bond donors (Lipinski definition) is 1. The molecule has 0 bridgehead atoms. The van der Waals surface area contributed by atoms with Crippen LogP contribution in [0.15, 0.2) is 18.2 Å². The Morgan fingerprint density at radius 3 is 2.90 bits per heavy atom. The predicted molar refractivity (Wildman–Crippen MR) is 85.5 cm³/mol. The summed E-state index contributed by atoms with van der Waals surface area (Å²) in [4.78, 5) is 2.49. The average molecular weight is 294 g/mol. The predicted octanol–water partition coefficient (Wildman–Crippen LogP) is 3.76. The van der Waals surface area contributed by atoms with Crippen molar-refractivity contribution in [1.29, 1.82) is 0 Å². The minimum atomic E-state index is -0.298. The maximum Gasteiger partial charge on any atom is 0.167 e. The van der Waals surface area contributed by atoms with Gasteiger partial charge in [0.2, 0.25) is 0 Å². The van der Waals surface area contributed by atoms with Gasteiger partial charge >= 0.3 is 0 Å². The highest BCUT2D eigenvalue weighted by molar-refractivity contribution is 5.48. The fourth-order valence-corrected chi connectivity index (χ4v) is 3.03. The van der Waals surface area contributed by atoms with E-state index in [1.165, 1.54) is 25.5 Å². The van der Waals surface area contributed by atoms with Crippen molar-refractivity contribution in [2.45, 2.75) is 39.7 Å². The van der Waals surface area contributed by atoms with Gasteiger partial charge in [0.05, 0.1) is 6.61 Å². The summed E-state index contributed by atoms with van der Waals surface area (Å²) < 4.78 is 19.1. The summed E-state index contributed by atoms with van der Waals surface area (Å²) in [7, 11) is 0. The van der Waals surface area contributed by atoms with Crippen LogP contribution < -0.4 is 10.1 Å². The van der Waals surface area contributed by atoms with E-state index in [0.29, 0.717) is 24.3 Å². The van der Waals surface area contributed by atoms with E-state index in [2.05, 4.69) is 24.1 Å². The van der Waals surface area contributed by atoms with Gasteiger partial charge in [0.15, 0.2) is 11.6 Å². The molecule has 0 aromatic heterocycles. The number of anilines is 1. The second kappa shape index (κ2) is 7.64. The lowest BCUT2D eigenvalue weighted by Gasteiger charge is -2.35. The number of nitrogens with one attached hydrogen (secondary N) is 1. The molecule has 0 amide bonds. The molecular formula is C17H27FN2O. The third kappa shape index (κ3) is 4.34. The van der Waals surface area contributed by atoms with E-state index in [1.54, 1.807) is 6.07 Å². The molecule has 3 nitrogen and oxygen atoms in total. The molecule has 0 spiro atoms. The molecular weight excluding hydrogens is 267 g/mol. The van der Waals surface area contributed by atoms with Gasteiger partial charge in [0.25, 0.3) is 0 Å². The lowest BCUT2D eigenvalue weighted by molar-refractivity contribution is 0.172. The number of piperidine rings is 1. The van der Waals surface area contributed by atoms with Crippen molar-refractivity contribution in [3.05, 3.63) is 24.0 Å². The second-order valence-corrected chi connectivity index (χ2v) is 5.81. The van der Waals surface area contributed by atoms with Crippen LogP contribution in [0.2, 0.25) is 0 Å². The van der Waals surface area contributed by atoms with E-state index in [-0.39, 0.29) is 5.82 Å². The van der Waals surface area contributed by atoms with Gasteiger partial charge in [-0.3, -0.25) is 0 Å². The number of hydrogen-bond acceptors (Lipinski definition) is 3. The van der Waals surface area contributed by atoms with Crippen molar-refractivity contribution in [2.24, 2.45) is 5.92 Å². The molecule has 0 saturated carbocycles. The van der Waals surface area contributed by atoms with Crippen LogP contribution in [0.1, 0.15) is 33.6 Å². The molecule has 1 fully saturated rings. The van der Waals surface area contributed by atoms with Crippen LogP contribution >= 0.6 is 0 Å². The van der Waals surface area contributed by atoms with E-state index >= 15 is 0 Å². The van der Waals surface area contributed by atoms with Crippen molar-refractivity contribution in [2.75, 3.05) is 31.6 Å². The van der Waals surface area contributed by atoms with Gasteiger partial charge in [0, 0.05) is 24.3 Å². The first-order valence-corrected chi connectivity index (χ1v) is 8.05. The Morgan fingerprint density at radius 2 is 2.24 bits per heavy atom. The highest BCUT2D eigenvalue weighted by atomic mass is 19.1. The Labute approximate surface area is 127 Å². The molecule has 2 atom stereocenters. The highest BCUT2D eigenvalue weighted by Gasteiger charge is 2.23. The molecule has 118 valence electrons. The van der Waals surface area contributed by atoms with Crippen LogP contribution in [0.4, 0.5) is 10.1 Å². The lowest BCUT2D eigenvalue weighted by atomic mass is 9.91. The number of nitrogens with zero attached hydrogens (tertiary/aromatic N) is 1. The average Bonchev–Trinajstić information content (AvgIpc) is 2.50. The number of likely N-dealkylation sites (tertiary alicyclic amines) is 1. The first kappa shape index (κ1) is 16.1. The number of halogens is 1. The summed E-state index contributed by atoms with van der Waals surface area (Å²) in [5.41, 5.74) is 0.831. The topological polar surface area (TPSA) is 24.5 Å². The fraction of sp³-hybridized carbons (Fsp3) is 0.647. The molecule has 1 saturated heterocycles. The van der Waals surface area contributed by atoms with Crippen LogP contribution in [0.25, 0.3) is 0 Å². The van der Waals surface area contributed by atoms with Crippen LogP contribution in [-0.2, 0) is 0 Å². The summed E-state index contributed by atoms with van der Waals surface area (Å²) in [5, 5.41) is 3.44. The quantitative estimate of drug-likeness (QED) is 0.864. The molecule has 1 aliphatic rings. The molecule has 1 aliphatic heterocycles. The van der Waals surface area contributed by atoms with E-state index in [9.17, 15) is 4.39 Å². The van der Waals surface area contributed by atoms with Crippen molar-refractivity contribution in [3.8, 4) is 5.75 Å². The van der Waals surface area contributed by atoms with Crippen molar-refractivity contribution >= 4 is 5.69 Å². The van der Waals surface area contributed by atoms with Gasteiger partial charge in [-0.1, -0.05) is 6.92 Å².